The Kier molecular flexibility index (Phi) is 3.50. The van der Waals surface area contributed by atoms with Gasteiger partial charge >= 0.3 is 0 Å². The number of hydrogen-bond donors (Lipinski definition) is 0. The summed E-state index contributed by atoms with van der Waals surface area (Å²) in [6.45, 7) is 2.84. The van der Waals surface area contributed by atoms with Crippen molar-refractivity contribution in [3.8, 4) is 0 Å². The maximum atomic E-state index is 12.7. The second kappa shape index (κ2) is 5.65. The predicted molar refractivity (Wildman–Crippen MR) is 82.2 cm³/mol. The van der Waals surface area contributed by atoms with E-state index in [0.29, 0.717) is 19.8 Å². The fourth-order valence-electron chi connectivity index (χ4n) is 3.36. The fraction of sp³-hybridized carbons (Fsp3) is 0.471. The molecule has 2 aliphatic heterocycles. The molecule has 4 heterocycles. The van der Waals surface area contributed by atoms with E-state index in [2.05, 4.69) is 16.0 Å². The van der Waals surface area contributed by atoms with Crippen molar-refractivity contribution in [1.29, 1.82) is 0 Å². The number of nitrogens with zero attached hydrogens (tertiary/aromatic N) is 3. The molecule has 2 aromatic rings. The number of aromatic nitrogens is 2. The molecule has 0 saturated carbocycles. The van der Waals surface area contributed by atoms with Crippen molar-refractivity contribution in [3.05, 3.63) is 35.7 Å². The summed E-state index contributed by atoms with van der Waals surface area (Å²) >= 11 is 0. The van der Waals surface area contributed by atoms with Crippen LogP contribution in [0.4, 0.5) is 0 Å². The highest BCUT2D eigenvalue weighted by Gasteiger charge is 2.29. The number of hydrogen-bond acceptors (Lipinski definition) is 4. The summed E-state index contributed by atoms with van der Waals surface area (Å²) in [6.07, 6.45) is 4.28. The Hall–Kier alpha value is -2.01. The minimum Gasteiger partial charge on any atom is -0.381 e. The van der Waals surface area contributed by atoms with Gasteiger partial charge in [-0.2, -0.15) is 0 Å². The molecule has 1 saturated heterocycles. The summed E-state index contributed by atoms with van der Waals surface area (Å²) in [5.74, 6) is 0.408. The van der Waals surface area contributed by atoms with Crippen LogP contribution in [0, 0.1) is 5.92 Å². The Balaban J connectivity index is 1.57. The summed E-state index contributed by atoms with van der Waals surface area (Å²) in [5.41, 5.74) is 3.04. The number of rotatable bonds is 1. The molecule has 1 fully saturated rings. The van der Waals surface area contributed by atoms with Gasteiger partial charge in [0.2, 0.25) is 5.91 Å². The van der Waals surface area contributed by atoms with Crippen LogP contribution in [0.1, 0.15) is 24.1 Å². The van der Waals surface area contributed by atoms with E-state index in [-0.39, 0.29) is 11.8 Å². The van der Waals surface area contributed by atoms with Gasteiger partial charge in [0.1, 0.15) is 0 Å². The van der Waals surface area contributed by atoms with Crippen molar-refractivity contribution in [2.45, 2.75) is 25.8 Å². The van der Waals surface area contributed by atoms with Crippen LogP contribution >= 0.6 is 0 Å². The maximum absolute atomic E-state index is 12.7. The second-order valence-electron chi connectivity index (χ2n) is 6.04. The highest BCUT2D eigenvalue weighted by molar-refractivity contribution is 5.80. The molecule has 0 aromatic carbocycles. The van der Waals surface area contributed by atoms with Crippen LogP contribution in [0.3, 0.4) is 0 Å². The molecule has 5 nitrogen and oxygen atoms in total. The Morgan fingerprint density at radius 1 is 1.32 bits per heavy atom. The van der Waals surface area contributed by atoms with E-state index >= 15 is 0 Å². The number of amides is 1. The zero-order valence-electron chi connectivity index (χ0n) is 12.5. The number of ether oxygens (including phenoxy) is 1. The Bertz CT molecular complexity index is 710. The van der Waals surface area contributed by atoms with E-state index in [1.54, 1.807) is 6.20 Å². The number of pyridine rings is 2. The molecule has 5 heteroatoms. The summed E-state index contributed by atoms with van der Waals surface area (Å²) in [6, 6.07) is 6.08. The lowest BCUT2D eigenvalue weighted by Crippen LogP contribution is -2.41. The van der Waals surface area contributed by atoms with Crippen LogP contribution in [-0.4, -0.2) is 40.5 Å². The number of carbonyl (C=O) groups excluding carboxylic acids is 1. The minimum atomic E-state index is 0.130. The van der Waals surface area contributed by atoms with E-state index in [1.165, 1.54) is 0 Å². The fourth-order valence-corrected chi connectivity index (χ4v) is 3.36. The monoisotopic (exact) mass is 297 g/mol. The SMILES string of the molecule is O=C(C1CCOCC1)N1CCc2nc3ncccc3cc2C1. The smallest absolute Gasteiger partial charge is 0.226 e. The Morgan fingerprint density at radius 3 is 3.05 bits per heavy atom. The van der Waals surface area contributed by atoms with Gasteiger partial charge in [0.05, 0.1) is 0 Å². The molecule has 0 bridgehead atoms. The van der Waals surface area contributed by atoms with E-state index < -0.39 is 0 Å². The first-order valence-electron chi connectivity index (χ1n) is 7.91. The Labute approximate surface area is 129 Å². The summed E-state index contributed by atoms with van der Waals surface area (Å²) in [5, 5.41) is 1.04. The normalized spacial score (nSPS) is 19.2. The molecule has 2 aromatic heterocycles. The highest BCUT2D eigenvalue weighted by Crippen LogP contribution is 2.25. The third kappa shape index (κ3) is 2.46. The van der Waals surface area contributed by atoms with Crippen molar-refractivity contribution in [2.24, 2.45) is 5.92 Å². The van der Waals surface area contributed by atoms with Gasteiger partial charge < -0.3 is 9.64 Å². The first-order chi connectivity index (χ1) is 10.8. The maximum Gasteiger partial charge on any atom is 0.226 e. The Morgan fingerprint density at radius 2 is 2.18 bits per heavy atom. The lowest BCUT2D eigenvalue weighted by molar-refractivity contribution is -0.139. The van der Waals surface area contributed by atoms with Crippen molar-refractivity contribution < 1.29 is 9.53 Å². The molecule has 1 amide bonds. The quantitative estimate of drug-likeness (QED) is 0.807. The van der Waals surface area contributed by atoms with Crippen LogP contribution in [0.5, 0.6) is 0 Å². The molecule has 0 aliphatic carbocycles. The van der Waals surface area contributed by atoms with E-state index in [1.807, 2.05) is 17.0 Å². The molecule has 22 heavy (non-hydrogen) atoms. The van der Waals surface area contributed by atoms with Crippen LogP contribution in [0.2, 0.25) is 0 Å². The van der Waals surface area contributed by atoms with Crippen LogP contribution in [0.25, 0.3) is 11.0 Å². The van der Waals surface area contributed by atoms with Crippen LogP contribution < -0.4 is 0 Å². The molecule has 0 unspecified atom stereocenters. The lowest BCUT2D eigenvalue weighted by atomic mass is 9.96. The largest absolute Gasteiger partial charge is 0.381 e. The standard InChI is InChI=1S/C17H19N3O2/c21-17(12-4-8-22-9-5-12)20-7-3-15-14(11-20)10-13-2-1-6-18-16(13)19-15/h1-2,6,10,12H,3-5,7-9,11H2. The van der Waals surface area contributed by atoms with E-state index in [9.17, 15) is 4.79 Å². The molecular weight excluding hydrogens is 278 g/mol. The first-order valence-corrected chi connectivity index (χ1v) is 7.91. The summed E-state index contributed by atoms with van der Waals surface area (Å²) in [7, 11) is 0. The topological polar surface area (TPSA) is 55.3 Å². The van der Waals surface area contributed by atoms with Crippen LogP contribution in [-0.2, 0) is 22.5 Å². The van der Waals surface area contributed by atoms with Gasteiger partial charge in [-0.05, 0) is 36.6 Å². The first kappa shape index (κ1) is 13.6. The van der Waals surface area contributed by atoms with Crippen molar-refractivity contribution >= 4 is 16.9 Å². The molecule has 114 valence electrons. The molecule has 2 aliphatic rings. The minimum absolute atomic E-state index is 0.130. The zero-order chi connectivity index (χ0) is 14.9. The van der Waals surface area contributed by atoms with Gasteiger partial charge in [-0.1, -0.05) is 0 Å². The zero-order valence-corrected chi connectivity index (χ0v) is 12.5. The van der Waals surface area contributed by atoms with Crippen molar-refractivity contribution in [3.63, 3.8) is 0 Å². The summed E-state index contributed by atoms with van der Waals surface area (Å²) in [4.78, 5) is 23.6. The van der Waals surface area contributed by atoms with Crippen molar-refractivity contribution in [2.75, 3.05) is 19.8 Å². The average Bonchev–Trinajstić information content (AvgIpc) is 2.59. The van der Waals surface area contributed by atoms with E-state index in [4.69, 9.17) is 4.74 Å². The number of fused-ring (bicyclic) bond motifs is 2. The highest BCUT2D eigenvalue weighted by atomic mass is 16.5. The van der Waals surface area contributed by atoms with Gasteiger partial charge in [-0.25, -0.2) is 9.97 Å². The predicted octanol–water partition coefficient (Wildman–Crippen LogP) is 1.94. The molecule has 0 atom stereocenters. The van der Waals surface area contributed by atoms with Gasteiger partial charge in [0.25, 0.3) is 0 Å². The molecule has 0 spiro atoms. The van der Waals surface area contributed by atoms with Crippen molar-refractivity contribution in [1.82, 2.24) is 14.9 Å². The second-order valence-corrected chi connectivity index (χ2v) is 6.04. The van der Waals surface area contributed by atoms with E-state index in [0.717, 1.165) is 48.1 Å². The van der Waals surface area contributed by atoms with Gasteiger partial charge in [0, 0.05) is 55.9 Å². The van der Waals surface area contributed by atoms with Gasteiger partial charge in [-0.3, -0.25) is 4.79 Å². The third-order valence-corrected chi connectivity index (χ3v) is 4.62. The molecule has 4 rings (SSSR count). The molecular formula is C17H19N3O2. The third-order valence-electron chi connectivity index (χ3n) is 4.62. The average molecular weight is 297 g/mol. The van der Waals surface area contributed by atoms with Gasteiger partial charge in [0.15, 0.2) is 5.65 Å². The number of carbonyl (C=O) groups is 1. The lowest BCUT2D eigenvalue weighted by Gasteiger charge is -2.32. The molecule has 0 N–H and O–H groups in total. The van der Waals surface area contributed by atoms with Crippen LogP contribution in [0.15, 0.2) is 24.4 Å². The van der Waals surface area contributed by atoms with Gasteiger partial charge in [-0.15, -0.1) is 0 Å². The summed E-state index contributed by atoms with van der Waals surface area (Å²) < 4.78 is 5.35. The molecule has 0 radical (unpaired) electrons.